The third-order valence-electron chi connectivity index (χ3n) is 2.97. The topological polar surface area (TPSA) is 69.0 Å². The number of aromatic nitrogens is 2. The lowest BCUT2D eigenvalue weighted by Crippen LogP contribution is -2.30. The summed E-state index contributed by atoms with van der Waals surface area (Å²) in [5.74, 6) is 0.332. The number of hydrogen-bond donors (Lipinski definition) is 2. The molecule has 0 saturated heterocycles. The van der Waals surface area contributed by atoms with E-state index in [1.54, 1.807) is 30.1 Å². The number of carbonyl (C=O) groups is 1. The van der Waals surface area contributed by atoms with Crippen LogP contribution in [-0.4, -0.2) is 34.4 Å². The molecule has 1 heterocycles. The number of nitrogens with zero attached hydrogens (tertiary/aromatic N) is 1. The largest absolute Gasteiger partial charge is 0.341 e. The fourth-order valence-corrected chi connectivity index (χ4v) is 2.36. The van der Waals surface area contributed by atoms with E-state index < -0.39 is 0 Å². The summed E-state index contributed by atoms with van der Waals surface area (Å²) >= 11 is 4.94. The smallest absolute Gasteiger partial charge is 0.259 e. The number of carbonyl (C=O) groups excluding carboxylic acids is 1. The summed E-state index contributed by atoms with van der Waals surface area (Å²) in [5.41, 5.74) is 0.859. The molecule has 1 aromatic heterocycles. The maximum Gasteiger partial charge on any atom is 0.259 e. The SMILES string of the molecule is CC(C)CN(C)C(=O)c1ccc2c(=O)[nH]c(=S)[nH]c2c1. The van der Waals surface area contributed by atoms with Crippen molar-refractivity contribution >= 4 is 29.0 Å². The Hall–Kier alpha value is -1.95. The molecule has 2 aromatic rings. The first-order valence-electron chi connectivity index (χ1n) is 6.40. The number of rotatable bonds is 3. The zero-order valence-corrected chi connectivity index (χ0v) is 12.5. The van der Waals surface area contributed by atoms with E-state index in [0.717, 1.165) is 0 Å². The molecule has 0 unspecified atom stereocenters. The van der Waals surface area contributed by atoms with Gasteiger partial charge in [-0.3, -0.25) is 14.6 Å². The molecule has 0 fully saturated rings. The molecule has 0 bridgehead atoms. The van der Waals surface area contributed by atoms with Gasteiger partial charge in [-0.05, 0) is 36.3 Å². The van der Waals surface area contributed by atoms with Crippen LogP contribution in [0.5, 0.6) is 0 Å². The van der Waals surface area contributed by atoms with Crippen LogP contribution in [0, 0.1) is 10.7 Å². The Bertz CT molecular complexity index is 761. The summed E-state index contributed by atoms with van der Waals surface area (Å²) in [6, 6.07) is 4.96. The Balaban J connectivity index is 2.44. The quantitative estimate of drug-likeness (QED) is 0.853. The van der Waals surface area contributed by atoms with Crippen molar-refractivity contribution in [3.63, 3.8) is 0 Å². The molecule has 0 aliphatic rings. The van der Waals surface area contributed by atoms with Gasteiger partial charge in [0.1, 0.15) is 0 Å². The summed E-state index contributed by atoms with van der Waals surface area (Å²) in [7, 11) is 1.77. The van der Waals surface area contributed by atoms with Gasteiger partial charge in [0.2, 0.25) is 0 Å². The zero-order valence-electron chi connectivity index (χ0n) is 11.7. The Morgan fingerprint density at radius 3 is 2.70 bits per heavy atom. The van der Waals surface area contributed by atoms with Crippen molar-refractivity contribution in [2.45, 2.75) is 13.8 Å². The van der Waals surface area contributed by atoms with Crippen LogP contribution in [0.1, 0.15) is 24.2 Å². The van der Waals surface area contributed by atoms with Gasteiger partial charge >= 0.3 is 0 Å². The highest BCUT2D eigenvalue weighted by atomic mass is 32.1. The summed E-state index contributed by atoms with van der Waals surface area (Å²) < 4.78 is 0.252. The van der Waals surface area contributed by atoms with E-state index >= 15 is 0 Å². The van der Waals surface area contributed by atoms with Gasteiger partial charge < -0.3 is 9.88 Å². The van der Waals surface area contributed by atoms with Crippen LogP contribution in [0.25, 0.3) is 10.9 Å². The standard InChI is InChI=1S/C14H17N3O2S/c1-8(2)7-17(3)13(19)9-4-5-10-11(6-9)15-14(20)16-12(10)18/h4-6,8H,7H2,1-3H3,(H2,15,16,18,20). The fourth-order valence-electron chi connectivity index (χ4n) is 2.15. The fraction of sp³-hybridized carbons (Fsp3) is 0.357. The highest BCUT2D eigenvalue weighted by Crippen LogP contribution is 2.12. The van der Waals surface area contributed by atoms with E-state index in [1.165, 1.54) is 0 Å². The third-order valence-corrected chi connectivity index (χ3v) is 3.18. The second-order valence-electron chi connectivity index (χ2n) is 5.25. The summed E-state index contributed by atoms with van der Waals surface area (Å²) in [6.45, 7) is 4.80. The van der Waals surface area contributed by atoms with Crippen LogP contribution in [0.3, 0.4) is 0 Å². The van der Waals surface area contributed by atoms with E-state index in [-0.39, 0.29) is 16.2 Å². The Labute approximate surface area is 121 Å². The predicted molar refractivity (Wildman–Crippen MR) is 81.6 cm³/mol. The maximum atomic E-state index is 12.3. The second-order valence-corrected chi connectivity index (χ2v) is 5.66. The minimum atomic E-state index is -0.252. The zero-order chi connectivity index (χ0) is 14.9. The number of nitrogens with one attached hydrogen (secondary N) is 2. The molecule has 2 N–H and O–H groups in total. The minimum absolute atomic E-state index is 0.0693. The van der Waals surface area contributed by atoms with Crippen LogP contribution < -0.4 is 5.56 Å². The highest BCUT2D eigenvalue weighted by Gasteiger charge is 2.13. The van der Waals surface area contributed by atoms with Crippen molar-refractivity contribution in [2.24, 2.45) is 5.92 Å². The normalized spacial score (nSPS) is 11.0. The molecule has 0 aliphatic heterocycles. The molecule has 1 amide bonds. The molecular formula is C14H17N3O2S. The molecule has 0 aliphatic carbocycles. The minimum Gasteiger partial charge on any atom is -0.341 e. The molecule has 106 valence electrons. The molecule has 1 aromatic carbocycles. The van der Waals surface area contributed by atoms with Crippen molar-refractivity contribution in [3.05, 3.63) is 38.9 Å². The number of amides is 1. The van der Waals surface area contributed by atoms with E-state index in [1.807, 2.05) is 0 Å². The van der Waals surface area contributed by atoms with Gasteiger partial charge in [0.25, 0.3) is 11.5 Å². The predicted octanol–water partition coefficient (Wildman–Crippen LogP) is 2.31. The van der Waals surface area contributed by atoms with Gasteiger partial charge in [-0.15, -0.1) is 0 Å². The monoisotopic (exact) mass is 291 g/mol. The van der Waals surface area contributed by atoms with E-state index in [2.05, 4.69) is 23.8 Å². The molecule has 0 saturated carbocycles. The van der Waals surface area contributed by atoms with Crippen LogP contribution in [0.2, 0.25) is 0 Å². The van der Waals surface area contributed by atoms with Gasteiger partial charge in [0.05, 0.1) is 10.9 Å². The molecule has 5 nitrogen and oxygen atoms in total. The molecule has 20 heavy (non-hydrogen) atoms. The average molecular weight is 291 g/mol. The lowest BCUT2D eigenvalue weighted by Gasteiger charge is -2.19. The summed E-state index contributed by atoms with van der Waals surface area (Å²) in [5, 5.41) is 0.488. The number of hydrogen-bond acceptors (Lipinski definition) is 3. The van der Waals surface area contributed by atoms with Crippen molar-refractivity contribution in [3.8, 4) is 0 Å². The van der Waals surface area contributed by atoms with Crippen molar-refractivity contribution in [1.82, 2.24) is 14.9 Å². The van der Waals surface area contributed by atoms with E-state index in [0.29, 0.717) is 28.9 Å². The summed E-state index contributed by atoms with van der Waals surface area (Å²) in [4.78, 5) is 31.1. The van der Waals surface area contributed by atoms with Crippen molar-refractivity contribution < 1.29 is 4.79 Å². The first kappa shape index (κ1) is 14.5. The van der Waals surface area contributed by atoms with E-state index in [4.69, 9.17) is 12.2 Å². The lowest BCUT2D eigenvalue weighted by atomic mass is 10.1. The van der Waals surface area contributed by atoms with E-state index in [9.17, 15) is 9.59 Å². The van der Waals surface area contributed by atoms with Gasteiger partial charge in [-0.1, -0.05) is 13.8 Å². The molecule has 0 radical (unpaired) electrons. The van der Waals surface area contributed by atoms with Crippen LogP contribution in [0.4, 0.5) is 0 Å². The Morgan fingerprint density at radius 2 is 2.05 bits per heavy atom. The van der Waals surface area contributed by atoms with Gasteiger partial charge in [0.15, 0.2) is 4.77 Å². The van der Waals surface area contributed by atoms with Gasteiger partial charge in [-0.2, -0.15) is 0 Å². The van der Waals surface area contributed by atoms with Crippen LogP contribution in [0.15, 0.2) is 23.0 Å². The molecule has 0 atom stereocenters. The Kier molecular flexibility index (Phi) is 4.04. The number of benzene rings is 1. The number of H-pyrrole nitrogens is 2. The van der Waals surface area contributed by atoms with Crippen molar-refractivity contribution in [2.75, 3.05) is 13.6 Å². The number of aromatic amines is 2. The van der Waals surface area contributed by atoms with Crippen molar-refractivity contribution in [1.29, 1.82) is 0 Å². The molecular weight excluding hydrogens is 274 g/mol. The Morgan fingerprint density at radius 1 is 1.35 bits per heavy atom. The van der Waals surface area contributed by atoms with Gasteiger partial charge in [-0.25, -0.2) is 0 Å². The third kappa shape index (κ3) is 2.96. The average Bonchev–Trinajstić information content (AvgIpc) is 2.36. The van der Waals surface area contributed by atoms with Gasteiger partial charge in [0, 0.05) is 19.2 Å². The molecule has 2 rings (SSSR count). The second kappa shape index (κ2) is 5.58. The first-order chi connectivity index (χ1) is 9.38. The first-order valence-corrected chi connectivity index (χ1v) is 6.81. The lowest BCUT2D eigenvalue weighted by molar-refractivity contribution is 0.0779. The number of fused-ring (bicyclic) bond motifs is 1. The molecule has 6 heteroatoms. The highest BCUT2D eigenvalue weighted by molar-refractivity contribution is 7.71. The summed E-state index contributed by atoms with van der Waals surface area (Å²) in [6.07, 6.45) is 0. The molecule has 0 spiro atoms. The maximum absolute atomic E-state index is 12.3. The van der Waals surface area contributed by atoms with Crippen LogP contribution in [-0.2, 0) is 0 Å². The van der Waals surface area contributed by atoms with Crippen LogP contribution >= 0.6 is 12.2 Å².